The van der Waals surface area contributed by atoms with Crippen LogP contribution in [-0.4, -0.2) is 15.3 Å². The molecule has 3 N–H and O–H groups in total. The first-order chi connectivity index (χ1) is 12.4. The Morgan fingerprint density at radius 1 is 0.630 bits per heavy atom. The number of unbranched alkanes of at least 4 members (excludes halogenated alkanes) is 1. The molecule has 2 aromatic rings. The highest BCUT2D eigenvalue weighted by Gasteiger charge is 2.26. The Hall–Kier alpha value is -2.16. The van der Waals surface area contributed by atoms with Crippen LogP contribution >= 0.6 is 0 Å². The first kappa shape index (κ1) is 21.1. The van der Waals surface area contributed by atoms with Crippen molar-refractivity contribution < 1.29 is 15.3 Å². The molecule has 0 saturated carbocycles. The van der Waals surface area contributed by atoms with Gasteiger partial charge in [-0.05, 0) is 70.9 Å². The van der Waals surface area contributed by atoms with E-state index in [-0.39, 0.29) is 22.3 Å². The van der Waals surface area contributed by atoms with Gasteiger partial charge in [-0.3, -0.25) is 0 Å². The monoisotopic (exact) mass is 370 g/mol. The lowest BCUT2D eigenvalue weighted by atomic mass is 9.78. The highest BCUT2D eigenvalue weighted by atomic mass is 16.3. The zero-order valence-corrected chi connectivity index (χ0v) is 17.6. The number of aryl methyl sites for hydroxylation is 2. The van der Waals surface area contributed by atoms with Crippen LogP contribution in [0.25, 0.3) is 0 Å². The first-order valence-corrected chi connectivity index (χ1v) is 9.77. The Bertz CT molecular complexity index is 757. The van der Waals surface area contributed by atoms with Gasteiger partial charge in [0.2, 0.25) is 0 Å². The molecule has 27 heavy (non-hydrogen) atoms. The van der Waals surface area contributed by atoms with E-state index in [0.717, 1.165) is 42.4 Å². The second-order valence-electron chi connectivity index (χ2n) is 9.57. The highest BCUT2D eigenvalue weighted by molar-refractivity contribution is 5.50. The third-order valence-corrected chi connectivity index (χ3v) is 5.01. The molecule has 0 aliphatic carbocycles. The molecule has 3 heteroatoms. The zero-order chi connectivity index (χ0) is 20.4. The topological polar surface area (TPSA) is 60.7 Å². The smallest absolute Gasteiger partial charge is 0.157 e. The van der Waals surface area contributed by atoms with Crippen molar-refractivity contribution in [2.75, 3.05) is 0 Å². The third-order valence-electron chi connectivity index (χ3n) is 5.01. The molecule has 0 atom stereocenters. The largest absolute Gasteiger partial charge is 0.507 e. The molecular formula is C24H34O3. The summed E-state index contributed by atoms with van der Waals surface area (Å²) in [5, 5.41) is 29.8. The number of phenols is 3. The fourth-order valence-electron chi connectivity index (χ4n) is 3.36. The minimum absolute atomic E-state index is 0.0596. The van der Waals surface area contributed by atoms with Crippen molar-refractivity contribution in [1.82, 2.24) is 0 Å². The number of rotatable bonds is 5. The van der Waals surface area contributed by atoms with Gasteiger partial charge >= 0.3 is 0 Å². The zero-order valence-electron chi connectivity index (χ0n) is 17.6. The lowest BCUT2D eigenvalue weighted by Crippen LogP contribution is -2.18. The van der Waals surface area contributed by atoms with Crippen LogP contribution in [0.5, 0.6) is 17.2 Å². The van der Waals surface area contributed by atoms with Gasteiger partial charge in [0, 0.05) is 0 Å². The van der Waals surface area contributed by atoms with E-state index < -0.39 is 0 Å². The molecular weight excluding hydrogens is 336 g/mol. The summed E-state index contributed by atoms with van der Waals surface area (Å²) in [4.78, 5) is 0. The molecule has 2 aromatic carbocycles. The number of benzene rings is 2. The van der Waals surface area contributed by atoms with Gasteiger partial charge in [0.1, 0.15) is 5.75 Å². The van der Waals surface area contributed by atoms with Gasteiger partial charge < -0.3 is 15.3 Å². The van der Waals surface area contributed by atoms with Crippen LogP contribution in [0.3, 0.4) is 0 Å². The average molecular weight is 371 g/mol. The van der Waals surface area contributed by atoms with Crippen LogP contribution in [-0.2, 0) is 23.7 Å². The molecule has 0 bridgehead atoms. The van der Waals surface area contributed by atoms with Crippen molar-refractivity contribution in [1.29, 1.82) is 0 Å². The van der Waals surface area contributed by atoms with Gasteiger partial charge in [-0.25, -0.2) is 0 Å². The van der Waals surface area contributed by atoms with Crippen LogP contribution in [0.15, 0.2) is 30.3 Å². The number of aromatic hydroxyl groups is 3. The molecule has 0 aliphatic heterocycles. The van der Waals surface area contributed by atoms with E-state index in [9.17, 15) is 15.3 Å². The van der Waals surface area contributed by atoms with Crippen LogP contribution in [0, 0.1) is 0 Å². The number of hydrogen-bond acceptors (Lipinski definition) is 3. The van der Waals surface area contributed by atoms with Crippen LogP contribution in [0.1, 0.15) is 76.6 Å². The summed E-state index contributed by atoms with van der Waals surface area (Å²) >= 11 is 0. The van der Waals surface area contributed by atoms with Gasteiger partial charge in [0.05, 0.1) is 0 Å². The Balaban J connectivity index is 2.12. The van der Waals surface area contributed by atoms with Crippen LogP contribution in [0.2, 0.25) is 0 Å². The quantitative estimate of drug-likeness (QED) is 0.449. The Kier molecular flexibility index (Phi) is 6.14. The van der Waals surface area contributed by atoms with Crippen molar-refractivity contribution in [3.63, 3.8) is 0 Å². The van der Waals surface area contributed by atoms with Gasteiger partial charge in [-0.15, -0.1) is 0 Å². The number of phenolic OH excluding ortho intramolecular Hbond substituents is 3. The molecule has 0 saturated heterocycles. The molecule has 148 valence electrons. The minimum atomic E-state index is -0.107. The van der Waals surface area contributed by atoms with E-state index in [1.165, 1.54) is 11.6 Å². The summed E-state index contributed by atoms with van der Waals surface area (Å²) in [6.45, 7) is 12.8. The normalized spacial score (nSPS) is 12.4. The number of hydrogen-bond donors (Lipinski definition) is 3. The average Bonchev–Trinajstić information content (AvgIpc) is 2.53. The van der Waals surface area contributed by atoms with E-state index in [2.05, 4.69) is 53.7 Å². The maximum Gasteiger partial charge on any atom is 0.157 e. The maximum absolute atomic E-state index is 10.8. The summed E-state index contributed by atoms with van der Waals surface area (Å²) < 4.78 is 0. The van der Waals surface area contributed by atoms with Crippen LogP contribution < -0.4 is 0 Å². The van der Waals surface area contributed by atoms with Gasteiger partial charge in [-0.1, -0.05) is 59.7 Å². The predicted octanol–water partition coefficient (Wildman–Crippen LogP) is 5.96. The second kappa shape index (κ2) is 7.84. The predicted molar refractivity (Wildman–Crippen MR) is 112 cm³/mol. The van der Waals surface area contributed by atoms with Gasteiger partial charge in [0.15, 0.2) is 11.5 Å². The second-order valence-corrected chi connectivity index (χ2v) is 9.57. The summed E-state index contributed by atoms with van der Waals surface area (Å²) in [5.41, 5.74) is 4.09. The van der Waals surface area contributed by atoms with E-state index in [0.29, 0.717) is 5.75 Å². The molecule has 0 heterocycles. The maximum atomic E-state index is 10.8. The molecule has 0 aliphatic rings. The molecule has 0 aromatic heterocycles. The van der Waals surface area contributed by atoms with Crippen molar-refractivity contribution >= 4 is 0 Å². The van der Waals surface area contributed by atoms with Crippen molar-refractivity contribution in [3.05, 3.63) is 52.6 Å². The van der Waals surface area contributed by atoms with E-state index in [1.54, 1.807) is 6.07 Å². The molecule has 0 unspecified atom stereocenters. The Labute approximate surface area is 163 Å². The van der Waals surface area contributed by atoms with Crippen molar-refractivity contribution in [2.24, 2.45) is 0 Å². The summed E-state index contributed by atoms with van der Waals surface area (Å²) in [5.74, 6) is 0.293. The molecule has 0 radical (unpaired) electrons. The first-order valence-electron chi connectivity index (χ1n) is 9.77. The Morgan fingerprint density at radius 2 is 1.11 bits per heavy atom. The molecule has 0 fully saturated rings. The van der Waals surface area contributed by atoms with Crippen LogP contribution in [0.4, 0.5) is 0 Å². The Morgan fingerprint density at radius 3 is 1.56 bits per heavy atom. The van der Waals surface area contributed by atoms with E-state index >= 15 is 0 Å². The third kappa shape index (κ3) is 5.41. The molecule has 0 amide bonds. The van der Waals surface area contributed by atoms with Gasteiger partial charge in [-0.2, -0.15) is 0 Å². The van der Waals surface area contributed by atoms with E-state index in [4.69, 9.17) is 0 Å². The molecule has 2 rings (SSSR count). The standard InChI is InChI=1S/C24H34O3/c1-23(2,3)18-13-17(14-19(22(18)27)24(4,5)6)10-8-7-9-16-11-12-20(25)21(26)15-16/h11-15,25-27H,7-10H2,1-6H3. The lowest BCUT2D eigenvalue weighted by Gasteiger charge is -2.28. The summed E-state index contributed by atoms with van der Waals surface area (Å²) in [7, 11) is 0. The molecule has 0 spiro atoms. The fraction of sp³-hybridized carbons (Fsp3) is 0.500. The van der Waals surface area contributed by atoms with Crippen molar-refractivity contribution in [3.8, 4) is 17.2 Å². The lowest BCUT2D eigenvalue weighted by molar-refractivity contribution is 0.403. The highest BCUT2D eigenvalue weighted by Crippen LogP contribution is 2.40. The van der Waals surface area contributed by atoms with E-state index in [1.807, 2.05) is 6.07 Å². The molecule has 3 nitrogen and oxygen atoms in total. The SMILES string of the molecule is CC(C)(C)c1cc(CCCCc2ccc(O)c(O)c2)cc(C(C)(C)C)c1O. The van der Waals surface area contributed by atoms with Gasteiger partial charge in [0.25, 0.3) is 0 Å². The fourth-order valence-corrected chi connectivity index (χ4v) is 3.36. The van der Waals surface area contributed by atoms with Crippen molar-refractivity contribution in [2.45, 2.75) is 78.1 Å². The minimum Gasteiger partial charge on any atom is -0.507 e. The summed E-state index contributed by atoms with van der Waals surface area (Å²) in [6, 6.07) is 9.32. The summed E-state index contributed by atoms with van der Waals surface area (Å²) in [6.07, 6.45) is 3.85.